The van der Waals surface area contributed by atoms with E-state index in [1.807, 2.05) is 6.92 Å². The van der Waals surface area contributed by atoms with E-state index in [1.54, 1.807) is 6.08 Å². The summed E-state index contributed by atoms with van der Waals surface area (Å²) in [4.78, 5) is 0. The minimum absolute atomic E-state index is 0.884. The van der Waals surface area contributed by atoms with Crippen molar-refractivity contribution in [1.82, 2.24) is 0 Å². The maximum atomic E-state index is 4.00. The highest BCUT2D eigenvalue weighted by Gasteiger charge is 1.80. The molecule has 0 aromatic carbocycles. The quantitative estimate of drug-likeness (QED) is 0.401. The second-order valence-electron chi connectivity index (χ2n) is 2.92. The van der Waals surface area contributed by atoms with Gasteiger partial charge in [0.1, 0.15) is 0 Å². The van der Waals surface area contributed by atoms with E-state index >= 15 is 0 Å². The Morgan fingerprint density at radius 1 is 1.15 bits per heavy atom. The third-order valence-electron chi connectivity index (χ3n) is 0.816. The Labute approximate surface area is 86.4 Å². The fourth-order valence-corrected chi connectivity index (χ4v) is 0. The molecular formula is C13H28. The number of rotatable bonds is 1. The first-order valence-corrected chi connectivity index (χ1v) is 5.00. The van der Waals surface area contributed by atoms with Gasteiger partial charge in [0.2, 0.25) is 0 Å². The summed E-state index contributed by atoms with van der Waals surface area (Å²) in [5.41, 5.74) is 0. The molecule has 0 aromatic heterocycles. The minimum atomic E-state index is 0.884. The summed E-state index contributed by atoms with van der Waals surface area (Å²) in [7, 11) is 0. The second kappa shape index (κ2) is 42.7. The molecule has 0 bridgehead atoms. The zero-order chi connectivity index (χ0) is 11.7. The Morgan fingerprint density at radius 3 is 1.23 bits per heavy atom. The molecule has 0 heterocycles. The molecule has 0 rings (SSSR count). The molecule has 0 fully saturated rings. The van der Waals surface area contributed by atoms with Crippen LogP contribution in [-0.2, 0) is 0 Å². The molecule has 0 aliphatic carbocycles. The second-order valence-corrected chi connectivity index (χ2v) is 2.92. The van der Waals surface area contributed by atoms with E-state index in [4.69, 9.17) is 0 Å². The zero-order valence-corrected chi connectivity index (χ0v) is 10.4. The average molecular weight is 184 g/mol. The van der Waals surface area contributed by atoms with Gasteiger partial charge in [-0.3, -0.25) is 0 Å². The number of hydrogen-bond acceptors (Lipinski definition) is 0. The predicted octanol–water partition coefficient (Wildman–Crippen LogP) is 4.91. The van der Waals surface area contributed by atoms with Gasteiger partial charge >= 0.3 is 0 Å². The van der Waals surface area contributed by atoms with Crippen LogP contribution in [-0.4, -0.2) is 0 Å². The Balaban J connectivity index is -0.0000000446. The van der Waals surface area contributed by atoms with Crippen LogP contribution in [0.15, 0.2) is 12.7 Å². The molecule has 0 nitrogen and oxygen atoms in total. The van der Waals surface area contributed by atoms with Gasteiger partial charge in [-0.1, -0.05) is 53.5 Å². The van der Waals surface area contributed by atoms with E-state index in [9.17, 15) is 0 Å². The number of hydrogen-bond donors (Lipinski definition) is 0. The van der Waals surface area contributed by atoms with Gasteiger partial charge in [-0.15, -0.1) is 19.4 Å². The molecule has 0 aromatic rings. The number of allylic oxidation sites excluding steroid dienone is 1. The van der Waals surface area contributed by atoms with E-state index in [0.717, 1.165) is 5.92 Å². The van der Waals surface area contributed by atoms with Crippen molar-refractivity contribution >= 4 is 0 Å². The van der Waals surface area contributed by atoms with Crippen molar-refractivity contribution in [2.45, 2.75) is 54.4 Å². The van der Waals surface area contributed by atoms with Crippen molar-refractivity contribution in [3.63, 3.8) is 0 Å². The summed E-state index contributed by atoms with van der Waals surface area (Å²) in [5.74, 6) is 0.884. The molecule has 0 saturated carbocycles. The molecular weight excluding hydrogens is 156 g/mol. The van der Waals surface area contributed by atoms with Gasteiger partial charge in [0, 0.05) is 0 Å². The van der Waals surface area contributed by atoms with Gasteiger partial charge in [-0.25, -0.2) is 0 Å². The Hall–Kier alpha value is -0.700. The van der Waals surface area contributed by atoms with Crippen LogP contribution in [0.3, 0.4) is 0 Å². The van der Waals surface area contributed by atoms with Crippen LogP contribution in [0.4, 0.5) is 0 Å². The number of terminal acetylenes is 1. The monoisotopic (exact) mass is 184 g/mol. The Kier molecular flexibility index (Phi) is 74.8. The topological polar surface area (TPSA) is 0 Å². The molecule has 13 heavy (non-hydrogen) atoms. The van der Waals surface area contributed by atoms with E-state index in [2.05, 4.69) is 54.0 Å². The zero-order valence-electron chi connectivity index (χ0n) is 10.4. The molecule has 0 radical (unpaired) electrons. The van der Waals surface area contributed by atoms with Crippen molar-refractivity contribution in [2.75, 3.05) is 0 Å². The standard InChI is InChI=1S/C5H12.C3H8.C3H6.C2H2/c1-4-5(2)3;2*1-3-2;1-2/h5H,4H2,1-3H3;3H2,1-2H3;3H,1H2,2H3;1-2H. The first kappa shape index (κ1) is 22.8. The van der Waals surface area contributed by atoms with Gasteiger partial charge in [-0.2, -0.15) is 0 Å². The van der Waals surface area contributed by atoms with Crippen LogP contribution >= 0.6 is 0 Å². The third kappa shape index (κ3) is 578. The average Bonchev–Trinajstić information content (AvgIpc) is 2.11. The van der Waals surface area contributed by atoms with Crippen molar-refractivity contribution in [1.29, 1.82) is 0 Å². The van der Waals surface area contributed by atoms with Gasteiger partial charge in [0.15, 0.2) is 0 Å². The predicted molar refractivity (Wildman–Crippen MR) is 66.9 cm³/mol. The first-order valence-electron chi connectivity index (χ1n) is 5.00. The van der Waals surface area contributed by atoms with E-state index in [0.29, 0.717) is 0 Å². The highest BCUT2D eigenvalue weighted by molar-refractivity contribution is 4.51. The van der Waals surface area contributed by atoms with Crippen molar-refractivity contribution in [2.24, 2.45) is 5.92 Å². The highest BCUT2D eigenvalue weighted by atomic mass is 13.9. The maximum absolute atomic E-state index is 4.00. The summed E-state index contributed by atoms with van der Waals surface area (Å²) < 4.78 is 0. The summed E-state index contributed by atoms with van der Waals surface area (Å²) in [6.07, 6.45) is 12.3. The van der Waals surface area contributed by atoms with E-state index < -0.39 is 0 Å². The molecule has 0 heteroatoms. The summed E-state index contributed by atoms with van der Waals surface area (Å²) in [5, 5.41) is 0. The van der Waals surface area contributed by atoms with Crippen LogP contribution in [0.5, 0.6) is 0 Å². The largest absolute Gasteiger partial charge is 0.124 e. The summed E-state index contributed by atoms with van der Waals surface area (Å²) in [6, 6.07) is 0. The highest BCUT2D eigenvalue weighted by Crippen LogP contribution is 1.93. The minimum Gasteiger partial charge on any atom is -0.124 e. The smallest absolute Gasteiger partial charge is 0.0473 e. The fraction of sp³-hybridized carbons (Fsp3) is 0.692. The molecule has 80 valence electrons. The van der Waals surface area contributed by atoms with Crippen LogP contribution in [0.2, 0.25) is 0 Å². The molecule has 0 saturated heterocycles. The lowest BCUT2D eigenvalue weighted by Gasteiger charge is -1.90. The first-order chi connectivity index (χ1) is 6.10. The lowest BCUT2D eigenvalue weighted by atomic mass is 10.2. The van der Waals surface area contributed by atoms with Crippen molar-refractivity contribution in [3.05, 3.63) is 12.7 Å². The SMILES string of the molecule is C#C.C=CC.CCC.CCC(C)C. The van der Waals surface area contributed by atoms with Gasteiger partial charge in [0.05, 0.1) is 0 Å². The van der Waals surface area contributed by atoms with Crippen molar-refractivity contribution < 1.29 is 0 Å². The van der Waals surface area contributed by atoms with Crippen LogP contribution in [0.1, 0.15) is 54.4 Å². The van der Waals surface area contributed by atoms with Gasteiger partial charge < -0.3 is 0 Å². The van der Waals surface area contributed by atoms with Crippen LogP contribution in [0, 0.1) is 18.8 Å². The van der Waals surface area contributed by atoms with E-state index in [-0.39, 0.29) is 0 Å². The molecule has 0 aliphatic heterocycles. The lowest BCUT2D eigenvalue weighted by molar-refractivity contribution is 0.626. The van der Waals surface area contributed by atoms with E-state index in [1.165, 1.54) is 12.8 Å². The lowest BCUT2D eigenvalue weighted by Crippen LogP contribution is -1.77. The normalized spacial score (nSPS) is 6.23. The fourth-order valence-electron chi connectivity index (χ4n) is 0. The van der Waals surface area contributed by atoms with Gasteiger partial charge in [-0.05, 0) is 12.8 Å². The Bertz CT molecular complexity index is 67.4. The maximum Gasteiger partial charge on any atom is -0.0473 e. The third-order valence-corrected chi connectivity index (χ3v) is 0.816. The van der Waals surface area contributed by atoms with Crippen LogP contribution in [0.25, 0.3) is 0 Å². The van der Waals surface area contributed by atoms with Crippen molar-refractivity contribution in [3.8, 4) is 12.8 Å². The van der Waals surface area contributed by atoms with Gasteiger partial charge in [0.25, 0.3) is 0 Å². The van der Waals surface area contributed by atoms with Crippen LogP contribution < -0.4 is 0 Å². The molecule has 0 amide bonds. The molecule has 0 N–H and O–H groups in total. The molecule has 0 atom stereocenters. The molecule has 0 unspecified atom stereocenters. The summed E-state index contributed by atoms with van der Waals surface area (Å²) >= 11 is 0. The summed E-state index contributed by atoms with van der Waals surface area (Å²) in [6.45, 7) is 16.1. The molecule has 0 spiro atoms. The molecule has 0 aliphatic rings. The Morgan fingerprint density at radius 2 is 1.23 bits per heavy atom.